The standard InChI is InChI=1S/C6H12N2/c1-7-8-6-4-2-3-5-6/h6H,2-5H2,1H3. The maximum atomic E-state index is 4.05. The van der Waals surface area contributed by atoms with E-state index < -0.39 is 0 Å². The van der Waals surface area contributed by atoms with Crippen LogP contribution in [-0.2, 0) is 0 Å². The van der Waals surface area contributed by atoms with Crippen molar-refractivity contribution >= 4 is 0 Å². The molecule has 1 aliphatic carbocycles. The van der Waals surface area contributed by atoms with Crippen molar-refractivity contribution in [2.75, 3.05) is 7.05 Å². The van der Waals surface area contributed by atoms with Gasteiger partial charge in [-0.05, 0) is 12.8 Å². The van der Waals surface area contributed by atoms with Crippen LogP contribution in [0.2, 0.25) is 0 Å². The van der Waals surface area contributed by atoms with E-state index in [0.29, 0.717) is 6.04 Å². The molecule has 0 aromatic heterocycles. The van der Waals surface area contributed by atoms with Crippen LogP contribution in [0, 0.1) is 0 Å². The molecular weight excluding hydrogens is 100 g/mol. The molecule has 0 unspecified atom stereocenters. The topological polar surface area (TPSA) is 24.7 Å². The molecule has 0 aromatic rings. The second kappa shape index (κ2) is 2.80. The highest BCUT2D eigenvalue weighted by Gasteiger charge is 2.12. The first-order valence-corrected chi connectivity index (χ1v) is 3.22. The number of azo groups is 1. The number of rotatable bonds is 1. The number of hydrogen-bond acceptors (Lipinski definition) is 2. The van der Waals surface area contributed by atoms with Crippen LogP contribution >= 0.6 is 0 Å². The largest absolute Gasteiger partial charge is 0.197 e. The van der Waals surface area contributed by atoms with Crippen LogP contribution in [-0.4, -0.2) is 13.1 Å². The predicted molar refractivity (Wildman–Crippen MR) is 33.0 cm³/mol. The van der Waals surface area contributed by atoms with Gasteiger partial charge in [-0.25, -0.2) is 0 Å². The van der Waals surface area contributed by atoms with Crippen LogP contribution in [0.25, 0.3) is 0 Å². The molecule has 0 bridgehead atoms. The van der Waals surface area contributed by atoms with Crippen molar-refractivity contribution in [1.82, 2.24) is 0 Å². The summed E-state index contributed by atoms with van der Waals surface area (Å²) in [4.78, 5) is 0. The minimum Gasteiger partial charge on any atom is -0.197 e. The smallest absolute Gasteiger partial charge is 0.0708 e. The second-order valence-corrected chi connectivity index (χ2v) is 2.25. The van der Waals surface area contributed by atoms with E-state index in [1.165, 1.54) is 25.7 Å². The van der Waals surface area contributed by atoms with Gasteiger partial charge < -0.3 is 0 Å². The quantitative estimate of drug-likeness (QED) is 0.463. The van der Waals surface area contributed by atoms with Crippen LogP contribution in [0.5, 0.6) is 0 Å². The monoisotopic (exact) mass is 112 g/mol. The molecule has 0 amide bonds. The van der Waals surface area contributed by atoms with E-state index in [-0.39, 0.29) is 0 Å². The van der Waals surface area contributed by atoms with Gasteiger partial charge in [0.15, 0.2) is 0 Å². The molecule has 1 saturated carbocycles. The lowest BCUT2D eigenvalue weighted by Crippen LogP contribution is -1.92. The van der Waals surface area contributed by atoms with Crippen LogP contribution in [0.15, 0.2) is 10.2 Å². The van der Waals surface area contributed by atoms with E-state index in [9.17, 15) is 0 Å². The fourth-order valence-electron chi connectivity index (χ4n) is 1.18. The Morgan fingerprint density at radius 3 is 2.38 bits per heavy atom. The average Bonchev–Trinajstić information content (AvgIpc) is 2.19. The zero-order valence-electron chi connectivity index (χ0n) is 5.30. The Morgan fingerprint density at radius 1 is 1.25 bits per heavy atom. The fraction of sp³-hybridized carbons (Fsp3) is 1.00. The van der Waals surface area contributed by atoms with Crippen molar-refractivity contribution in [2.24, 2.45) is 10.2 Å². The van der Waals surface area contributed by atoms with Crippen molar-refractivity contribution in [3.63, 3.8) is 0 Å². The molecule has 0 heterocycles. The number of hydrogen-bond donors (Lipinski definition) is 0. The average molecular weight is 112 g/mol. The lowest BCUT2D eigenvalue weighted by atomic mass is 10.3. The molecule has 1 aliphatic rings. The third kappa shape index (κ3) is 1.29. The van der Waals surface area contributed by atoms with Gasteiger partial charge in [-0.1, -0.05) is 12.8 Å². The summed E-state index contributed by atoms with van der Waals surface area (Å²) in [5.74, 6) is 0. The molecule has 0 saturated heterocycles. The minimum absolute atomic E-state index is 0.569. The summed E-state index contributed by atoms with van der Waals surface area (Å²) in [6, 6.07) is 0.569. The van der Waals surface area contributed by atoms with Crippen molar-refractivity contribution in [1.29, 1.82) is 0 Å². The summed E-state index contributed by atoms with van der Waals surface area (Å²) < 4.78 is 0. The van der Waals surface area contributed by atoms with Crippen LogP contribution in [0.4, 0.5) is 0 Å². The van der Waals surface area contributed by atoms with Crippen LogP contribution in [0.3, 0.4) is 0 Å². The third-order valence-electron chi connectivity index (χ3n) is 1.60. The van der Waals surface area contributed by atoms with Crippen molar-refractivity contribution in [3.05, 3.63) is 0 Å². The van der Waals surface area contributed by atoms with Gasteiger partial charge >= 0.3 is 0 Å². The fourth-order valence-corrected chi connectivity index (χ4v) is 1.18. The molecule has 1 rings (SSSR count). The van der Waals surface area contributed by atoms with Gasteiger partial charge in [-0.2, -0.15) is 10.2 Å². The Bertz CT molecular complexity index is 82.5. The highest BCUT2D eigenvalue weighted by molar-refractivity contribution is 4.70. The lowest BCUT2D eigenvalue weighted by Gasteiger charge is -1.94. The first kappa shape index (κ1) is 5.73. The Hall–Kier alpha value is -0.400. The second-order valence-electron chi connectivity index (χ2n) is 2.25. The van der Waals surface area contributed by atoms with Gasteiger partial charge in [0.1, 0.15) is 0 Å². The molecule has 0 radical (unpaired) electrons. The summed E-state index contributed by atoms with van der Waals surface area (Å²) in [5, 5.41) is 7.79. The molecular formula is C6H12N2. The van der Waals surface area contributed by atoms with Crippen molar-refractivity contribution < 1.29 is 0 Å². The third-order valence-corrected chi connectivity index (χ3v) is 1.60. The van der Waals surface area contributed by atoms with E-state index in [4.69, 9.17) is 0 Å². The normalized spacial score (nSPS) is 23.1. The Balaban J connectivity index is 2.24. The van der Waals surface area contributed by atoms with Crippen molar-refractivity contribution in [2.45, 2.75) is 31.7 Å². The molecule has 0 aromatic carbocycles. The lowest BCUT2D eigenvalue weighted by molar-refractivity contribution is 0.663. The SMILES string of the molecule is CN=NC1CCCC1. The van der Waals surface area contributed by atoms with Gasteiger partial charge in [-0.15, -0.1) is 0 Å². The van der Waals surface area contributed by atoms with Gasteiger partial charge in [-0.3, -0.25) is 0 Å². The Morgan fingerprint density at radius 2 is 1.88 bits per heavy atom. The Labute approximate surface area is 50.0 Å². The molecule has 46 valence electrons. The van der Waals surface area contributed by atoms with Gasteiger partial charge in [0.25, 0.3) is 0 Å². The summed E-state index contributed by atoms with van der Waals surface area (Å²) in [6.45, 7) is 0. The van der Waals surface area contributed by atoms with Crippen LogP contribution < -0.4 is 0 Å². The summed E-state index contributed by atoms with van der Waals surface area (Å²) in [5.41, 5.74) is 0. The Kier molecular flexibility index (Phi) is 2.00. The molecule has 2 heteroatoms. The minimum atomic E-state index is 0.569. The highest BCUT2D eigenvalue weighted by Crippen LogP contribution is 2.20. The van der Waals surface area contributed by atoms with Crippen LogP contribution in [0.1, 0.15) is 25.7 Å². The van der Waals surface area contributed by atoms with E-state index in [2.05, 4.69) is 10.2 Å². The molecule has 0 spiro atoms. The zero-order valence-corrected chi connectivity index (χ0v) is 5.30. The van der Waals surface area contributed by atoms with Gasteiger partial charge in [0.2, 0.25) is 0 Å². The van der Waals surface area contributed by atoms with Crippen molar-refractivity contribution in [3.8, 4) is 0 Å². The summed E-state index contributed by atoms with van der Waals surface area (Å²) >= 11 is 0. The maximum absolute atomic E-state index is 4.05. The van der Waals surface area contributed by atoms with Gasteiger partial charge in [0, 0.05) is 7.05 Å². The molecule has 8 heavy (non-hydrogen) atoms. The summed E-state index contributed by atoms with van der Waals surface area (Å²) in [6.07, 6.45) is 5.22. The summed E-state index contributed by atoms with van der Waals surface area (Å²) in [7, 11) is 1.75. The highest BCUT2D eigenvalue weighted by atomic mass is 15.1. The molecule has 1 fully saturated rings. The van der Waals surface area contributed by atoms with E-state index in [1.807, 2.05) is 0 Å². The molecule has 0 aliphatic heterocycles. The van der Waals surface area contributed by atoms with E-state index in [0.717, 1.165) is 0 Å². The van der Waals surface area contributed by atoms with Gasteiger partial charge in [0.05, 0.1) is 6.04 Å². The van der Waals surface area contributed by atoms with E-state index in [1.54, 1.807) is 7.05 Å². The molecule has 0 atom stereocenters. The first-order chi connectivity index (χ1) is 3.93. The van der Waals surface area contributed by atoms with E-state index >= 15 is 0 Å². The first-order valence-electron chi connectivity index (χ1n) is 3.22. The maximum Gasteiger partial charge on any atom is 0.0708 e. The predicted octanol–water partition coefficient (Wildman–Crippen LogP) is 2.01. The molecule has 2 nitrogen and oxygen atoms in total. The molecule has 0 N–H and O–H groups in total. The zero-order chi connectivity index (χ0) is 5.82. The number of nitrogens with zero attached hydrogens (tertiary/aromatic N) is 2.